The number of sulfonamides is 1. The molecule has 0 heterocycles. The molecule has 0 aliphatic carbocycles. The number of anilines is 1. The highest BCUT2D eigenvalue weighted by molar-refractivity contribution is 7.92. The van der Waals surface area contributed by atoms with Gasteiger partial charge in [-0.05, 0) is 49.8 Å². The van der Waals surface area contributed by atoms with Crippen LogP contribution in [0, 0.1) is 19.8 Å². The molecule has 0 saturated heterocycles. The quantitative estimate of drug-likeness (QED) is 0.527. The zero-order chi connectivity index (χ0) is 25.5. The number of amides is 2. The fourth-order valence-corrected chi connectivity index (χ4v) is 4.76. The predicted molar refractivity (Wildman–Crippen MR) is 137 cm³/mol. The molecule has 7 nitrogen and oxygen atoms in total. The van der Waals surface area contributed by atoms with Crippen molar-refractivity contribution in [2.24, 2.45) is 5.92 Å². The molecular formula is C26H37N3O4S. The SMILES string of the molecule is Cc1cccc(C)c1N(CC(=O)N(CCc1ccccc1)C(C)C(=O)NCC(C)C)S(C)(=O)=O. The molecule has 0 aliphatic rings. The first-order valence-electron chi connectivity index (χ1n) is 11.6. The van der Waals surface area contributed by atoms with Crippen LogP contribution in [0.2, 0.25) is 0 Å². The summed E-state index contributed by atoms with van der Waals surface area (Å²) in [5, 5.41) is 2.88. The van der Waals surface area contributed by atoms with Crippen LogP contribution in [0.15, 0.2) is 48.5 Å². The van der Waals surface area contributed by atoms with Crippen LogP contribution < -0.4 is 9.62 Å². The summed E-state index contributed by atoms with van der Waals surface area (Å²) in [5.74, 6) is -0.404. The Morgan fingerprint density at radius 2 is 1.53 bits per heavy atom. The minimum Gasteiger partial charge on any atom is -0.354 e. The Hall–Kier alpha value is -2.87. The van der Waals surface area contributed by atoms with Crippen molar-refractivity contribution in [1.29, 1.82) is 0 Å². The van der Waals surface area contributed by atoms with Crippen molar-refractivity contribution in [3.8, 4) is 0 Å². The summed E-state index contributed by atoms with van der Waals surface area (Å²) < 4.78 is 26.6. The first-order chi connectivity index (χ1) is 15.9. The Morgan fingerprint density at radius 3 is 2.06 bits per heavy atom. The topological polar surface area (TPSA) is 86.8 Å². The van der Waals surface area contributed by atoms with Crippen LogP contribution in [0.4, 0.5) is 5.69 Å². The largest absolute Gasteiger partial charge is 0.354 e. The Kier molecular flexibility index (Phi) is 9.67. The molecule has 0 aromatic heterocycles. The highest BCUT2D eigenvalue weighted by Crippen LogP contribution is 2.27. The molecule has 1 unspecified atom stereocenters. The van der Waals surface area contributed by atoms with Crippen LogP contribution in [-0.4, -0.2) is 57.1 Å². The number of carbonyl (C=O) groups is 2. The van der Waals surface area contributed by atoms with Crippen molar-refractivity contribution >= 4 is 27.5 Å². The molecule has 0 saturated carbocycles. The van der Waals surface area contributed by atoms with Crippen LogP contribution in [0.5, 0.6) is 0 Å². The second kappa shape index (κ2) is 12.0. The predicted octanol–water partition coefficient (Wildman–Crippen LogP) is 3.30. The van der Waals surface area contributed by atoms with E-state index in [2.05, 4.69) is 5.32 Å². The maximum atomic E-state index is 13.5. The van der Waals surface area contributed by atoms with Gasteiger partial charge in [0.1, 0.15) is 12.6 Å². The standard InChI is InChI=1S/C26H37N3O4S/c1-19(2)17-27-26(31)22(5)28(16-15-23-13-8-7-9-14-23)24(30)18-29(34(6,32)33)25-20(3)11-10-12-21(25)4/h7-14,19,22H,15-18H2,1-6H3,(H,27,31). The van der Waals surface area contributed by atoms with Gasteiger partial charge in [-0.25, -0.2) is 8.42 Å². The lowest BCUT2D eigenvalue weighted by Crippen LogP contribution is -2.52. The summed E-state index contributed by atoms with van der Waals surface area (Å²) in [5.41, 5.74) is 3.05. The average molecular weight is 488 g/mol. The minimum absolute atomic E-state index is 0.256. The maximum Gasteiger partial charge on any atom is 0.244 e. The number of carbonyl (C=O) groups excluding carboxylic acids is 2. The maximum absolute atomic E-state index is 13.5. The Labute approximate surface area is 204 Å². The van der Waals surface area contributed by atoms with Crippen LogP contribution in [0.3, 0.4) is 0 Å². The third kappa shape index (κ3) is 7.58. The first kappa shape index (κ1) is 27.4. The van der Waals surface area contributed by atoms with Gasteiger partial charge < -0.3 is 10.2 Å². The van der Waals surface area contributed by atoms with Crippen LogP contribution in [-0.2, 0) is 26.0 Å². The summed E-state index contributed by atoms with van der Waals surface area (Å²) in [7, 11) is -3.74. The number of aryl methyl sites for hydroxylation is 2. The normalized spacial score (nSPS) is 12.3. The van der Waals surface area contributed by atoms with Crippen LogP contribution in [0.25, 0.3) is 0 Å². The lowest BCUT2D eigenvalue weighted by molar-refractivity contribution is -0.138. The van der Waals surface area contributed by atoms with Gasteiger partial charge in [0.15, 0.2) is 0 Å². The van der Waals surface area contributed by atoms with Gasteiger partial charge in [-0.15, -0.1) is 0 Å². The number of hydrogen-bond acceptors (Lipinski definition) is 4. The summed E-state index contributed by atoms with van der Waals surface area (Å²) in [4.78, 5) is 27.9. The second-order valence-electron chi connectivity index (χ2n) is 9.15. The smallest absolute Gasteiger partial charge is 0.244 e. The van der Waals surface area contributed by atoms with Gasteiger partial charge in [0.2, 0.25) is 21.8 Å². The fourth-order valence-electron chi connectivity index (χ4n) is 3.80. The summed E-state index contributed by atoms with van der Waals surface area (Å²) >= 11 is 0. The third-order valence-electron chi connectivity index (χ3n) is 5.70. The van der Waals surface area contributed by atoms with E-state index in [9.17, 15) is 18.0 Å². The number of hydrogen-bond donors (Lipinski definition) is 1. The van der Waals surface area contributed by atoms with Crippen LogP contribution in [0.1, 0.15) is 37.5 Å². The van der Waals surface area contributed by atoms with Gasteiger partial charge in [-0.3, -0.25) is 13.9 Å². The van der Waals surface area contributed by atoms with E-state index in [1.165, 1.54) is 4.90 Å². The highest BCUT2D eigenvalue weighted by Gasteiger charge is 2.30. The third-order valence-corrected chi connectivity index (χ3v) is 6.82. The van der Waals surface area contributed by atoms with Crippen molar-refractivity contribution < 1.29 is 18.0 Å². The average Bonchev–Trinajstić information content (AvgIpc) is 2.76. The van der Waals surface area contributed by atoms with E-state index in [1.807, 2.05) is 76.2 Å². The van der Waals surface area contributed by atoms with Gasteiger partial charge in [-0.1, -0.05) is 62.4 Å². The van der Waals surface area contributed by atoms with Crippen LogP contribution >= 0.6 is 0 Å². The van der Waals surface area contributed by atoms with Gasteiger partial charge in [0, 0.05) is 13.1 Å². The van der Waals surface area contributed by atoms with E-state index in [-0.39, 0.29) is 18.4 Å². The molecular weight excluding hydrogens is 450 g/mol. The van der Waals surface area contributed by atoms with E-state index < -0.39 is 22.0 Å². The molecule has 2 aromatic rings. The summed E-state index contributed by atoms with van der Waals surface area (Å²) in [6.45, 7) is 9.74. The molecule has 186 valence electrons. The number of nitrogens with one attached hydrogen (secondary N) is 1. The van der Waals surface area contributed by atoms with E-state index in [0.29, 0.717) is 25.2 Å². The Bertz CT molecular complexity index is 1060. The van der Waals surface area contributed by atoms with Gasteiger partial charge in [0.25, 0.3) is 0 Å². The molecule has 1 atom stereocenters. The molecule has 0 radical (unpaired) electrons. The monoisotopic (exact) mass is 487 g/mol. The van der Waals surface area contributed by atoms with E-state index in [4.69, 9.17) is 0 Å². The molecule has 8 heteroatoms. The second-order valence-corrected chi connectivity index (χ2v) is 11.1. The van der Waals surface area contributed by atoms with E-state index in [0.717, 1.165) is 27.3 Å². The molecule has 2 amide bonds. The summed E-state index contributed by atoms with van der Waals surface area (Å²) in [6, 6.07) is 14.4. The van der Waals surface area contributed by atoms with Crippen molar-refractivity contribution in [3.63, 3.8) is 0 Å². The minimum atomic E-state index is -3.74. The number of rotatable bonds is 11. The molecule has 0 fully saturated rings. The lowest BCUT2D eigenvalue weighted by atomic mass is 10.1. The summed E-state index contributed by atoms with van der Waals surface area (Å²) in [6.07, 6.45) is 1.65. The number of benzene rings is 2. The lowest BCUT2D eigenvalue weighted by Gasteiger charge is -2.32. The zero-order valence-corrected chi connectivity index (χ0v) is 21.9. The zero-order valence-electron chi connectivity index (χ0n) is 21.0. The molecule has 34 heavy (non-hydrogen) atoms. The van der Waals surface area contributed by atoms with Gasteiger partial charge in [-0.2, -0.15) is 0 Å². The highest BCUT2D eigenvalue weighted by atomic mass is 32.2. The molecule has 1 N–H and O–H groups in total. The van der Waals surface area contributed by atoms with E-state index >= 15 is 0 Å². The van der Waals surface area contributed by atoms with Crippen molar-refractivity contribution in [2.45, 2.75) is 47.1 Å². The molecule has 2 aromatic carbocycles. The van der Waals surface area contributed by atoms with Crippen molar-refractivity contribution in [2.75, 3.05) is 30.2 Å². The first-order valence-corrected chi connectivity index (χ1v) is 13.4. The number of para-hydroxylation sites is 1. The van der Waals surface area contributed by atoms with E-state index in [1.54, 1.807) is 6.92 Å². The Balaban J connectivity index is 2.34. The van der Waals surface area contributed by atoms with Crippen molar-refractivity contribution in [1.82, 2.24) is 10.2 Å². The molecule has 0 spiro atoms. The fraction of sp³-hybridized carbons (Fsp3) is 0.462. The molecule has 2 rings (SSSR count). The van der Waals surface area contributed by atoms with Crippen molar-refractivity contribution in [3.05, 3.63) is 65.2 Å². The van der Waals surface area contributed by atoms with Gasteiger partial charge >= 0.3 is 0 Å². The number of nitrogens with zero attached hydrogens (tertiary/aromatic N) is 2. The molecule has 0 bridgehead atoms. The molecule has 0 aliphatic heterocycles. The van der Waals surface area contributed by atoms with Gasteiger partial charge in [0.05, 0.1) is 11.9 Å². The Morgan fingerprint density at radius 1 is 0.941 bits per heavy atom.